The second-order valence-electron chi connectivity index (χ2n) is 5.45. The molecule has 118 valence electrons. The molecule has 1 heterocycles. The molecule has 1 amide bonds. The van der Waals surface area contributed by atoms with Crippen LogP contribution in [0.15, 0.2) is 33.9 Å². The molecule has 5 nitrogen and oxygen atoms in total. The van der Waals surface area contributed by atoms with Gasteiger partial charge in [0.1, 0.15) is 5.82 Å². The van der Waals surface area contributed by atoms with Crippen LogP contribution in [0, 0.1) is 5.82 Å². The highest BCUT2D eigenvalue weighted by Crippen LogP contribution is 2.23. The normalized spacial score (nSPS) is 11.5. The van der Waals surface area contributed by atoms with Crippen LogP contribution in [0.4, 0.5) is 4.39 Å². The van der Waals surface area contributed by atoms with Crippen LogP contribution < -0.4 is 5.32 Å². The first-order valence-electron chi connectivity index (χ1n) is 6.93. The number of thioether (sulfide) groups is 1. The maximum Gasteiger partial charge on any atom is 0.277 e. The molecule has 7 heteroatoms. The minimum absolute atomic E-state index is 0.0848. The zero-order valence-corrected chi connectivity index (χ0v) is 13.5. The van der Waals surface area contributed by atoms with Gasteiger partial charge in [-0.15, -0.1) is 10.2 Å². The molecule has 0 aliphatic rings. The second-order valence-corrected chi connectivity index (χ2v) is 6.38. The molecular formula is C15H18FN3O2S. The van der Waals surface area contributed by atoms with Crippen LogP contribution in [0.25, 0.3) is 11.5 Å². The summed E-state index contributed by atoms with van der Waals surface area (Å²) < 4.78 is 18.3. The number of hydrogen-bond acceptors (Lipinski definition) is 5. The Morgan fingerprint density at radius 2 is 2.00 bits per heavy atom. The first kappa shape index (κ1) is 16.5. The maximum atomic E-state index is 12.9. The number of benzene rings is 1. The summed E-state index contributed by atoms with van der Waals surface area (Å²) in [6.07, 6.45) is 0.846. The van der Waals surface area contributed by atoms with Crippen molar-refractivity contribution >= 4 is 17.7 Å². The van der Waals surface area contributed by atoms with Gasteiger partial charge in [0.15, 0.2) is 0 Å². The van der Waals surface area contributed by atoms with E-state index >= 15 is 0 Å². The van der Waals surface area contributed by atoms with Crippen molar-refractivity contribution in [2.24, 2.45) is 0 Å². The lowest BCUT2D eigenvalue weighted by molar-refractivity contribution is -0.120. The molecule has 0 saturated heterocycles. The summed E-state index contributed by atoms with van der Waals surface area (Å²) in [5.74, 6) is 0.0948. The van der Waals surface area contributed by atoms with E-state index in [0.29, 0.717) is 16.7 Å². The molecule has 2 rings (SSSR count). The van der Waals surface area contributed by atoms with Crippen molar-refractivity contribution in [3.63, 3.8) is 0 Å². The van der Waals surface area contributed by atoms with E-state index in [4.69, 9.17) is 4.42 Å². The van der Waals surface area contributed by atoms with Gasteiger partial charge in [0, 0.05) is 11.1 Å². The molecule has 0 spiro atoms. The van der Waals surface area contributed by atoms with Crippen LogP contribution in [0.1, 0.15) is 27.2 Å². The van der Waals surface area contributed by atoms with Gasteiger partial charge in [0.2, 0.25) is 11.8 Å². The third kappa shape index (κ3) is 4.56. The molecule has 2 aromatic rings. The fourth-order valence-electron chi connectivity index (χ4n) is 1.61. The zero-order chi connectivity index (χ0) is 16.2. The molecule has 0 radical (unpaired) electrons. The van der Waals surface area contributed by atoms with Gasteiger partial charge in [0.25, 0.3) is 5.22 Å². The van der Waals surface area contributed by atoms with E-state index in [1.54, 1.807) is 12.1 Å². The molecule has 0 fully saturated rings. The number of hydrogen-bond donors (Lipinski definition) is 1. The summed E-state index contributed by atoms with van der Waals surface area (Å²) in [4.78, 5) is 11.8. The Labute approximate surface area is 132 Å². The van der Waals surface area contributed by atoms with Crippen LogP contribution in [0.3, 0.4) is 0 Å². The van der Waals surface area contributed by atoms with Crippen LogP contribution in [-0.2, 0) is 4.79 Å². The standard InChI is InChI=1S/C15H18FN3O2S/c1-4-15(2,3)17-12(20)9-22-14-19-18-13(21-14)10-5-7-11(16)8-6-10/h5-8H,4,9H2,1-3H3,(H,17,20). The van der Waals surface area contributed by atoms with Gasteiger partial charge in [-0.3, -0.25) is 4.79 Å². The predicted molar refractivity (Wildman–Crippen MR) is 82.9 cm³/mol. The molecule has 0 aliphatic carbocycles. The van der Waals surface area contributed by atoms with Crippen LogP contribution in [-0.4, -0.2) is 27.4 Å². The summed E-state index contributed by atoms with van der Waals surface area (Å²) in [6.45, 7) is 5.95. The summed E-state index contributed by atoms with van der Waals surface area (Å²) in [5.41, 5.74) is 0.406. The molecule has 1 aromatic heterocycles. The largest absolute Gasteiger partial charge is 0.411 e. The van der Waals surface area contributed by atoms with E-state index in [1.165, 1.54) is 23.9 Å². The van der Waals surface area contributed by atoms with Crippen molar-refractivity contribution in [2.75, 3.05) is 5.75 Å². The number of nitrogens with zero attached hydrogens (tertiary/aromatic N) is 2. The molecule has 0 atom stereocenters. The minimum Gasteiger partial charge on any atom is -0.411 e. The van der Waals surface area contributed by atoms with Crippen molar-refractivity contribution in [1.29, 1.82) is 0 Å². The highest BCUT2D eigenvalue weighted by atomic mass is 32.2. The Kier molecular flexibility index (Phi) is 5.18. The lowest BCUT2D eigenvalue weighted by Crippen LogP contribution is -2.43. The second kappa shape index (κ2) is 6.91. The number of rotatable bonds is 6. The molecule has 1 N–H and O–H groups in total. The Bertz CT molecular complexity index is 640. The zero-order valence-electron chi connectivity index (χ0n) is 12.7. The maximum absolute atomic E-state index is 12.9. The van der Waals surface area contributed by atoms with E-state index in [1.807, 2.05) is 20.8 Å². The van der Waals surface area contributed by atoms with Crippen LogP contribution >= 0.6 is 11.8 Å². The number of halogens is 1. The van der Waals surface area contributed by atoms with Crippen molar-refractivity contribution in [2.45, 2.75) is 38.0 Å². The topological polar surface area (TPSA) is 68.0 Å². The number of carbonyl (C=O) groups is 1. The molecule has 0 aliphatic heterocycles. The third-order valence-corrected chi connectivity index (χ3v) is 4.00. The van der Waals surface area contributed by atoms with Crippen molar-refractivity contribution in [3.8, 4) is 11.5 Å². The minimum atomic E-state index is -0.326. The van der Waals surface area contributed by atoms with Crippen LogP contribution in [0.5, 0.6) is 0 Å². The Hall–Kier alpha value is -1.89. The van der Waals surface area contributed by atoms with Crippen molar-refractivity contribution in [1.82, 2.24) is 15.5 Å². The molecule has 0 unspecified atom stereocenters. The molecular weight excluding hydrogens is 305 g/mol. The van der Waals surface area contributed by atoms with E-state index in [0.717, 1.165) is 6.42 Å². The average Bonchev–Trinajstić information content (AvgIpc) is 2.94. The number of aromatic nitrogens is 2. The Morgan fingerprint density at radius 1 is 1.32 bits per heavy atom. The van der Waals surface area contributed by atoms with Gasteiger partial charge in [-0.25, -0.2) is 4.39 Å². The summed E-state index contributed by atoms with van der Waals surface area (Å²) in [6, 6.07) is 5.78. The fourth-order valence-corrected chi connectivity index (χ4v) is 2.17. The summed E-state index contributed by atoms with van der Waals surface area (Å²) in [5, 5.41) is 11.0. The van der Waals surface area contributed by atoms with Crippen molar-refractivity contribution < 1.29 is 13.6 Å². The van der Waals surface area contributed by atoms with Gasteiger partial charge in [0.05, 0.1) is 5.75 Å². The van der Waals surface area contributed by atoms with Gasteiger partial charge in [-0.05, 0) is 44.5 Å². The van der Waals surface area contributed by atoms with Gasteiger partial charge < -0.3 is 9.73 Å². The predicted octanol–water partition coefficient (Wildman–Crippen LogP) is 3.27. The number of carbonyl (C=O) groups excluding carboxylic acids is 1. The van der Waals surface area contributed by atoms with E-state index in [9.17, 15) is 9.18 Å². The van der Waals surface area contributed by atoms with Crippen molar-refractivity contribution in [3.05, 3.63) is 30.1 Å². The first-order valence-corrected chi connectivity index (χ1v) is 7.91. The third-order valence-electron chi connectivity index (χ3n) is 3.19. The lowest BCUT2D eigenvalue weighted by atomic mass is 10.0. The molecule has 22 heavy (non-hydrogen) atoms. The highest BCUT2D eigenvalue weighted by Gasteiger charge is 2.18. The summed E-state index contributed by atoms with van der Waals surface area (Å²) >= 11 is 1.17. The Balaban J connectivity index is 1.92. The fraction of sp³-hybridized carbons (Fsp3) is 0.400. The lowest BCUT2D eigenvalue weighted by Gasteiger charge is -2.24. The smallest absolute Gasteiger partial charge is 0.277 e. The van der Waals surface area contributed by atoms with E-state index in [-0.39, 0.29) is 23.0 Å². The number of amides is 1. The SMILES string of the molecule is CCC(C)(C)NC(=O)CSc1nnc(-c2ccc(F)cc2)o1. The van der Waals surface area contributed by atoms with Gasteiger partial charge >= 0.3 is 0 Å². The van der Waals surface area contributed by atoms with E-state index in [2.05, 4.69) is 15.5 Å². The van der Waals surface area contributed by atoms with Gasteiger partial charge in [-0.1, -0.05) is 18.7 Å². The summed E-state index contributed by atoms with van der Waals surface area (Å²) in [7, 11) is 0. The van der Waals surface area contributed by atoms with Gasteiger partial charge in [-0.2, -0.15) is 0 Å². The monoisotopic (exact) mass is 323 g/mol. The highest BCUT2D eigenvalue weighted by molar-refractivity contribution is 7.99. The molecule has 0 bridgehead atoms. The number of nitrogens with one attached hydrogen (secondary N) is 1. The molecule has 1 aromatic carbocycles. The van der Waals surface area contributed by atoms with E-state index < -0.39 is 0 Å². The average molecular weight is 323 g/mol. The van der Waals surface area contributed by atoms with Crippen LogP contribution in [0.2, 0.25) is 0 Å². The Morgan fingerprint density at radius 3 is 2.64 bits per heavy atom. The quantitative estimate of drug-likeness (QED) is 0.826. The molecule has 0 saturated carbocycles. The first-order chi connectivity index (χ1) is 10.4.